The Labute approximate surface area is 210 Å². The minimum absolute atomic E-state index is 0.0522. The first-order valence-corrected chi connectivity index (χ1v) is 11.7. The molecule has 3 aliphatic heterocycles. The monoisotopic (exact) mass is 483 g/mol. The van der Waals surface area contributed by atoms with Gasteiger partial charge in [0.25, 0.3) is 5.91 Å². The lowest BCUT2D eigenvalue weighted by Gasteiger charge is -2.29. The molecule has 2 saturated heterocycles. The average molecular weight is 483 g/mol. The molecule has 2 fully saturated rings. The van der Waals surface area contributed by atoms with Crippen molar-refractivity contribution in [2.24, 2.45) is 0 Å². The molecule has 0 aliphatic carbocycles. The molecule has 4 amide bonds. The van der Waals surface area contributed by atoms with Gasteiger partial charge in [0.1, 0.15) is 40.7 Å². The molecule has 3 heterocycles. The maximum absolute atomic E-state index is 13.0. The number of amides is 4. The van der Waals surface area contributed by atoms with Gasteiger partial charge in [0.2, 0.25) is 17.7 Å². The molecule has 5 rings (SSSR count). The highest BCUT2D eigenvalue weighted by molar-refractivity contribution is 6.39. The Bertz CT molecular complexity index is 1240. The molecule has 36 heavy (non-hydrogen) atoms. The van der Waals surface area contributed by atoms with Crippen LogP contribution in [0, 0.1) is 0 Å². The molecule has 0 bridgehead atoms. The number of morpholine rings is 1. The van der Waals surface area contributed by atoms with Crippen molar-refractivity contribution in [3.05, 3.63) is 52.6 Å². The molecule has 2 aromatic rings. The Morgan fingerprint density at radius 2 is 1.89 bits per heavy atom. The lowest BCUT2D eigenvalue weighted by molar-refractivity contribution is -0.143. The molecule has 1 N–H and O–H groups in total. The number of carbonyl (C=O) groups is 4. The van der Waals surface area contributed by atoms with Crippen LogP contribution in [-0.4, -0.2) is 74.9 Å². The SMILES string of the molecule is [B]c1cc(COc2cccc3c2CN(C2CCC(=O)NC2=O)C3=O)cc([B])c1CN1CCOCC1=O. The van der Waals surface area contributed by atoms with Gasteiger partial charge in [0.05, 0.1) is 13.2 Å². The van der Waals surface area contributed by atoms with Crippen molar-refractivity contribution in [2.45, 2.75) is 38.6 Å². The summed E-state index contributed by atoms with van der Waals surface area (Å²) < 4.78 is 11.2. The van der Waals surface area contributed by atoms with Crippen molar-refractivity contribution >= 4 is 50.2 Å². The number of imide groups is 1. The molecular formula is C25H23B2N3O6. The molecule has 2 aromatic carbocycles. The average Bonchev–Trinajstić information content (AvgIpc) is 3.18. The lowest BCUT2D eigenvalue weighted by Crippen LogP contribution is -2.52. The van der Waals surface area contributed by atoms with E-state index in [1.165, 1.54) is 4.90 Å². The molecule has 3 aliphatic rings. The Morgan fingerprint density at radius 1 is 1.11 bits per heavy atom. The Balaban J connectivity index is 1.29. The Hall–Kier alpha value is -3.59. The molecule has 0 spiro atoms. The molecule has 1 atom stereocenters. The molecule has 4 radical (unpaired) electrons. The predicted molar refractivity (Wildman–Crippen MR) is 130 cm³/mol. The molecule has 9 nitrogen and oxygen atoms in total. The van der Waals surface area contributed by atoms with Gasteiger partial charge in [-0.05, 0) is 29.7 Å². The van der Waals surface area contributed by atoms with Gasteiger partial charge in [-0.3, -0.25) is 24.5 Å². The van der Waals surface area contributed by atoms with Crippen LogP contribution in [0.1, 0.15) is 39.9 Å². The number of nitrogens with zero attached hydrogens (tertiary/aromatic N) is 2. The standard InChI is InChI=1S/C25H23B2N3O6/c26-18-8-14(9-19(27)17(18)10-29-6-7-35-13-23(29)32)12-36-21-3-1-2-15-16(21)11-30(25(15)34)20-4-5-22(31)28-24(20)33/h1-3,8-9,20H,4-7,10-13H2,(H,28,31,33). The highest BCUT2D eigenvalue weighted by Gasteiger charge is 2.40. The molecule has 0 aromatic heterocycles. The van der Waals surface area contributed by atoms with Crippen LogP contribution < -0.4 is 21.0 Å². The normalized spacial score (nSPS) is 19.9. The smallest absolute Gasteiger partial charge is 0.255 e. The lowest BCUT2D eigenvalue weighted by atomic mass is 9.79. The van der Waals surface area contributed by atoms with Crippen molar-refractivity contribution in [3.8, 4) is 5.75 Å². The third-order valence-electron chi connectivity index (χ3n) is 6.74. The summed E-state index contributed by atoms with van der Waals surface area (Å²) in [6, 6.07) is 8.03. The number of rotatable bonds is 6. The van der Waals surface area contributed by atoms with Crippen LogP contribution in [0.2, 0.25) is 0 Å². The Kier molecular flexibility index (Phi) is 6.57. The molecule has 1 unspecified atom stereocenters. The topological polar surface area (TPSA) is 105 Å². The van der Waals surface area contributed by atoms with Crippen molar-refractivity contribution in [2.75, 3.05) is 19.8 Å². The van der Waals surface area contributed by atoms with Crippen LogP contribution in [0.4, 0.5) is 0 Å². The van der Waals surface area contributed by atoms with Crippen LogP contribution in [0.15, 0.2) is 30.3 Å². The summed E-state index contributed by atoms with van der Waals surface area (Å²) in [5.41, 5.74) is 3.51. The largest absolute Gasteiger partial charge is 0.489 e. The fraction of sp³-hybridized carbons (Fsp3) is 0.360. The van der Waals surface area contributed by atoms with Crippen LogP contribution in [0.25, 0.3) is 0 Å². The van der Waals surface area contributed by atoms with Gasteiger partial charge < -0.3 is 19.3 Å². The second-order valence-electron chi connectivity index (χ2n) is 9.09. The van der Waals surface area contributed by atoms with Crippen molar-refractivity contribution < 1.29 is 28.7 Å². The van der Waals surface area contributed by atoms with Crippen molar-refractivity contribution in [3.63, 3.8) is 0 Å². The number of carbonyl (C=O) groups excluding carboxylic acids is 4. The summed E-state index contributed by atoms with van der Waals surface area (Å²) in [4.78, 5) is 52.0. The van der Waals surface area contributed by atoms with Gasteiger partial charge in [0, 0.05) is 30.6 Å². The maximum Gasteiger partial charge on any atom is 0.255 e. The zero-order valence-corrected chi connectivity index (χ0v) is 19.6. The highest BCUT2D eigenvalue weighted by Crippen LogP contribution is 2.33. The second-order valence-corrected chi connectivity index (χ2v) is 9.09. The fourth-order valence-corrected chi connectivity index (χ4v) is 4.81. The highest BCUT2D eigenvalue weighted by atomic mass is 16.5. The minimum atomic E-state index is -0.694. The third-order valence-corrected chi connectivity index (χ3v) is 6.74. The first-order chi connectivity index (χ1) is 17.3. The van der Waals surface area contributed by atoms with Crippen LogP contribution in [0.3, 0.4) is 0 Å². The quantitative estimate of drug-likeness (QED) is 0.417. The van der Waals surface area contributed by atoms with Crippen LogP contribution >= 0.6 is 0 Å². The maximum atomic E-state index is 13.0. The van der Waals surface area contributed by atoms with E-state index < -0.39 is 11.9 Å². The van der Waals surface area contributed by atoms with E-state index in [0.29, 0.717) is 59.5 Å². The summed E-state index contributed by atoms with van der Waals surface area (Å²) in [6.45, 7) is 1.70. The first-order valence-electron chi connectivity index (χ1n) is 11.7. The van der Waals surface area contributed by atoms with Gasteiger partial charge in [-0.25, -0.2) is 0 Å². The van der Waals surface area contributed by atoms with E-state index in [1.54, 1.807) is 35.2 Å². The van der Waals surface area contributed by atoms with E-state index in [4.69, 9.17) is 25.2 Å². The zero-order valence-electron chi connectivity index (χ0n) is 19.6. The van der Waals surface area contributed by atoms with Gasteiger partial charge >= 0.3 is 0 Å². The van der Waals surface area contributed by atoms with Gasteiger partial charge in [0.15, 0.2) is 0 Å². The van der Waals surface area contributed by atoms with Crippen LogP contribution in [-0.2, 0) is 38.8 Å². The first kappa shape index (κ1) is 24.1. The van der Waals surface area contributed by atoms with Crippen molar-refractivity contribution in [1.29, 1.82) is 0 Å². The van der Waals surface area contributed by atoms with Gasteiger partial charge in [-0.1, -0.05) is 29.1 Å². The number of hydrogen-bond donors (Lipinski definition) is 1. The van der Waals surface area contributed by atoms with E-state index in [-0.39, 0.29) is 43.9 Å². The Morgan fingerprint density at radius 3 is 2.61 bits per heavy atom. The van der Waals surface area contributed by atoms with Gasteiger partial charge in [-0.2, -0.15) is 0 Å². The summed E-state index contributed by atoms with van der Waals surface area (Å²) >= 11 is 0. The number of benzene rings is 2. The number of hydrogen-bond acceptors (Lipinski definition) is 6. The third kappa shape index (κ3) is 4.63. The van der Waals surface area contributed by atoms with Crippen molar-refractivity contribution in [1.82, 2.24) is 15.1 Å². The summed E-state index contributed by atoms with van der Waals surface area (Å²) in [5.74, 6) is -0.632. The van der Waals surface area contributed by atoms with E-state index in [1.807, 2.05) is 0 Å². The predicted octanol–water partition coefficient (Wildman–Crippen LogP) is -1.03. The molecule has 0 saturated carbocycles. The fourth-order valence-electron chi connectivity index (χ4n) is 4.81. The minimum Gasteiger partial charge on any atom is -0.489 e. The summed E-state index contributed by atoms with van der Waals surface area (Å²) in [7, 11) is 12.5. The number of ether oxygens (including phenoxy) is 2. The zero-order chi connectivity index (χ0) is 25.4. The van der Waals surface area contributed by atoms with Crippen LogP contribution in [0.5, 0.6) is 5.75 Å². The van der Waals surface area contributed by atoms with E-state index in [0.717, 1.165) is 5.56 Å². The summed E-state index contributed by atoms with van der Waals surface area (Å²) in [5, 5.41) is 2.30. The summed E-state index contributed by atoms with van der Waals surface area (Å²) in [6.07, 6.45) is 0.486. The van der Waals surface area contributed by atoms with Gasteiger partial charge in [-0.15, -0.1) is 0 Å². The molecule has 11 heteroatoms. The van der Waals surface area contributed by atoms with E-state index in [2.05, 4.69) is 5.32 Å². The van der Waals surface area contributed by atoms with E-state index >= 15 is 0 Å². The van der Waals surface area contributed by atoms with E-state index in [9.17, 15) is 19.2 Å². The number of piperidine rings is 1. The molecule has 180 valence electrons. The number of nitrogens with one attached hydrogen (secondary N) is 1. The second kappa shape index (κ2) is 9.81. The number of fused-ring (bicyclic) bond motifs is 1. The molecular weight excluding hydrogens is 460 g/mol.